The monoisotopic (exact) mass is 835 g/mol. The molecule has 0 bridgehead atoms. The van der Waals surface area contributed by atoms with Gasteiger partial charge in [-0.2, -0.15) is 0 Å². The fraction of sp³-hybridized carbons (Fsp3) is 0.940. The van der Waals surface area contributed by atoms with Crippen LogP contribution in [0.2, 0.25) is 0 Å². The molecule has 0 amide bonds. The van der Waals surface area contributed by atoms with Crippen LogP contribution in [0.4, 0.5) is 0 Å². The van der Waals surface area contributed by atoms with E-state index in [1.807, 2.05) is 0 Å². The number of ether oxygens (including phenoxy) is 6. The zero-order valence-electron chi connectivity index (χ0n) is 38.4. The molecule has 3 fully saturated rings. The molecule has 0 aromatic carbocycles. The number of epoxide rings is 2. The van der Waals surface area contributed by atoms with Crippen molar-refractivity contribution >= 4 is 17.9 Å². The van der Waals surface area contributed by atoms with E-state index in [4.69, 9.17) is 28.4 Å². The van der Waals surface area contributed by atoms with Crippen molar-refractivity contribution in [2.24, 2.45) is 0 Å². The van der Waals surface area contributed by atoms with Crippen molar-refractivity contribution in [1.29, 1.82) is 0 Å². The molecule has 3 aliphatic heterocycles. The van der Waals surface area contributed by atoms with Gasteiger partial charge in [-0.05, 0) is 44.9 Å². The van der Waals surface area contributed by atoms with Gasteiger partial charge in [0.2, 0.25) is 0 Å². The predicted molar refractivity (Wildman–Crippen MR) is 236 cm³/mol. The van der Waals surface area contributed by atoms with E-state index < -0.39 is 18.3 Å². The topological polar surface area (TPSA) is 113 Å². The average Bonchev–Trinajstić information content (AvgIpc) is 4.16. The molecule has 344 valence electrons. The summed E-state index contributed by atoms with van der Waals surface area (Å²) in [5.74, 6) is -0.768. The van der Waals surface area contributed by atoms with Gasteiger partial charge in [0.1, 0.15) is 12.7 Å². The van der Waals surface area contributed by atoms with Crippen LogP contribution in [0.25, 0.3) is 0 Å². The highest BCUT2D eigenvalue weighted by atomic mass is 16.6. The average molecular weight is 835 g/mol. The Balaban J connectivity index is 1.27. The first kappa shape index (κ1) is 51.6. The lowest BCUT2D eigenvalue weighted by Gasteiger charge is -2.35. The Bertz CT molecular complexity index is 1070. The van der Waals surface area contributed by atoms with Gasteiger partial charge in [0, 0.05) is 25.7 Å². The fourth-order valence-corrected chi connectivity index (χ4v) is 8.67. The summed E-state index contributed by atoms with van der Waals surface area (Å²) in [6, 6.07) is 0. The predicted octanol–water partition coefficient (Wildman–Crippen LogP) is 13.0. The molecular formula is C50H90O9. The number of carbonyl (C=O) groups excluding carboxylic acids is 3. The van der Waals surface area contributed by atoms with Crippen molar-refractivity contribution < 1.29 is 42.8 Å². The van der Waals surface area contributed by atoms with E-state index in [0.717, 1.165) is 83.5 Å². The minimum absolute atomic E-state index is 0.112. The third-order valence-electron chi connectivity index (χ3n) is 12.7. The second-order valence-electron chi connectivity index (χ2n) is 18.2. The number of rotatable bonds is 40. The lowest BCUT2D eigenvalue weighted by Crippen LogP contribution is -2.47. The Kier molecular flexibility index (Phi) is 29.6. The molecule has 3 rings (SSSR count). The standard InChI is InChI=1S/C50H90O9/c1-4-7-10-13-18-24-31-42-44(56-42)33-26-20-15-22-29-36-49(52)58-46-38-41(39-55-48(51)35-28-17-12-9-6-3)54-40-47(46)59-50(53)37-30-23-16-21-27-34-45-43(57-45)32-25-19-14-11-8-5-2/h41-47H,4-40H2,1-3H3/t41-,42?,43?,44?,45?,46-,47-/m0/s1. The second kappa shape index (κ2) is 33.9. The number of hydrogen-bond donors (Lipinski definition) is 0. The zero-order chi connectivity index (χ0) is 42.2. The van der Waals surface area contributed by atoms with Gasteiger partial charge in [-0.3, -0.25) is 14.4 Å². The molecule has 0 aromatic heterocycles. The Morgan fingerprint density at radius 1 is 0.424 bits per heavy atom. The molecule has 3 heterocycles. The maximum absolute atomic E-state index is 13.0. The summed E-state index contributed by atoms with van der Waals surface area (Å²) >= 11 is 0. The molecule has 59 heavy (non-hydrogen) atoms. The molecule has 0 aliphatic carbocycles. The van der Waals surface area contributed by atoms with Gasteiger partial charge < -0.3 is 28.4 Å². The van der Waals surface area contributed by atoms with Crippen molar-refractivity contribution in [1.82, 2.24) is 0 Å². The van der Waals surface area contributed by atoms with Gasteiger partial charge in [-0.25, -0.2) is 0 Å². The molecule has 3 aliphatic rings. The quantitative estimate of drug-likeness (QED) is 0.0258. The highest BCUT2D eigenvalue weighted by Gasteiger charge is 2.39. The molecule has 4 unspecified atom stereocenters. The van der Waals surface area contributed by atoms with Crippen molar-refractivity contribution in [3.8, 4) is 0 Å². The Morgan fingerprint density at radius 3 is 1.17 bits per heavy atom. The summed E-state index contributed by atoms with van der Waals surface area (Å²) in [5, 5.41) is 0. The van der Waals surface area contributed by atoms with Crippen LogP contribution in [-0.4, -0.2) is 73.8 Å². The van der Waals surface area contributed by atoms with Gasteiger partial charge in [0.25, 0.3) is 0 Å². The third kappa shape index (κ3) is 26.4. The van der Waals surface area contributed by atoms with Crippen molar-refractivity contribution in [3.63, 3.8) is 0 Å². The minimum Gasteiger partial charge on any atom is -0.463 e. The van der Waals surface area contributed by atoms with Crippen LogP contribution < -0.4 is 0 Å². The van der Waals surface area contributed by atoms with Gasteiger partial charge in [-0.1, -0.05) is 175 Å². The van der Waals surface area contributed by atoms with Crippen LogP contribution >= 0.6 is 0 Å². The van der Waals surface area contributed by atoms with Crippen molar-refractivity contribution in [3.05, 3.63) is 0 Å². The van der Waals surface area contributed by atoms with E-state index in [2.05, 4.69) is 20.8 Å². The number of esters is 3. The van der Waals surface area contributed by atoms with E-state index >= 15 is 0 Å². The largest absolute Gasteiger partial charge is 0.463 e. The number of hydrogen-bond acceptors (Lipinski definition) is 9. The maximum Gasteiger partial charge on any atom is 0.306 e. The first-order valence-electron chi connectivity index (χ1n) is 25.4. The molecule has 0 spiro atoms. The maximum atomic E-state index is 13.0. The van der Waals surface area contributed by atoms with Gasteiger partial charge in [0.05, 0.1) is 37.1 Å². The highest BCUT2D eigenvalue weighted by Crippen LogP contribution is 2.33. The second-order valence-corrected chi connectivity index (χ2v) is 18.2. The summed E-state index contributed by atoms with van der Waals surface area (Å²) in [4.78, 5) is 38.3. The molecule has 0 radical (unpaired) electrons. The van der Waals surface area contributed by atoms with Gasteiger partial charge in [-0.15, -0.1) is 0 Å². The van der Waals surface area contributed by atoms with Crippen LogP contribution in [0.3, 0.4) is 0 Å². The van der Waals surface area contributed by atoms with Crippen LogP contribution in [0.1, 0.15) is 245 Å². The van der Waals surface area contributed by atoms with Gasteiger partial charge >= 0.3 is 17.9 Å². The highest BCUT2D eigenvalue weighted by molar-refractivity contribution is 5.71. The Labute approximate surface area is 361 Å². The van der Waals surface area contributed by atoms with Crippen LogP contribution in [0.15, 0.2) is 0 Å². The lowest BCUT2D eigenvalue weighted by molar-refractivity contribution is -0.194. The van der Waals surface area contributed by atoms with E-state index in [-0.39, 0.29) is 31.1 Å². The van der Waals surface area contributed by atoms with Gasteiger partial charge in [0.15, 0.2) is 6.10 Å². The fourth-order valence-electron chi connectivity index (χ4n) is 8.67. The summed E-state index contributed by atoms with van der Waals surface area (Å²) < 4.78 is 35.2. The SMILES string of the molecule is CCCCCCCCC1OC1CCCCCCCC(=O)O[C@H]1CO[C@H](COC(=O)CCCCCCC)C[C@@H]1OC(=O)CCCCCCCC1OC1CCCCCCCC. The summed E-state index contributed by atoms with van der Waals surface area (Å²) in [6.07, 6.45) is 38.2. The molecule has 9 nitrogen and oxygen atoms in total. The van der Waals surface area contributed by atoms with Crippen LogP contribution in [-0.2, 0) is 42.8 Å². The normalized spacial score (nSPS) is 23.5. The van der Waals surface area contributed by atoms with Crippen molar-refractivity contribution in [2.45, 2.75) is 288 Å². The Hall–Kier alpha value is -1.71. The van der Waals surface area contributed by atoms with E-state index in [1.165, 1.54) is 116 Å². The van der Waals surface area contributed by atoms with E-state index in [9.17, 15) is 14.4 Å². The molecule has 0 aromatic rings. The zero-order valence-corrected chi connectivity index (χ0v) is 38.4. The number of unbranched alkanes of at least 4 members (excludes halogenated alkanes) is 22. The Morgan fingerprint density at radius 2 is 0.763 bits per heavy atom. The molecular weight excluding hydrogens is 745 g/mol. The van der Waals surface area contributed by atoms with Crippen LogP contribution in [0, 0.1) is 0 Å². The molecule has 9 heteroatoms. The minimum atomic E-state index is -0.658. The van der Waals surface area contributed by atoms with Crippen LogP contribution in [0.5, 0.6) is 0 Å². The summed E-state index contributed by atoms with van der Waals surface area (Å²) in [5.41, 5.74) is 0. The third-order valence-corrected chi connectivity index (χ3v) is 12.7. The number of carbonyl (C=O) groups is 3. The molecule has 0 N–H and O–H groups in total. The summed E-state index contributed by atoms with van der Waals surface area (Å²) in [6.45, 7) is 6.93. The van der Waals surface area contributed by atoms with E-state index in [0.29, 0.717) is 50.1 Å². The lowest BCUT2D eigenvalue weighted by atomic mass is 10.0. The van der Waals surface area contributed by atoms with E-state index in [1.54, 1.807) is 0 Å². The summed E-state index contributed by atoms with van der Waals surface area (Å²) in [7, 11) is 0. The smallest absolute Gasteiger partial charge is 0.306 e. The first-order chi connectivity index (χ1) is 28.9. The molecule has 3 saturated heterocycles. The first-order valence-corrected chi connectivity index (χ1v) is 25.4. The van der Waals surface area contributed by atoms with Crippen molar-refractivity contribution in [2.75, 3.05) is 13.2 Å². The molecule has 7 atom stereocenters. The molecule has 0 saturated carbocycles.